The van der Waals surface area contributed by atoms with Gasteiger partial charge in [-0.3, -0.25) is 0 Å². The van der Waals surface area contributed by atoms with Gasteiger partial charge in [0.05, 0.1) is 18.7 Å². The van der Waals surface area contributed by atoms with E-state index in [1.54, 1.807) is 7.11 Å². The Kier molecular flexibility index (Phi) is 24.0. The zero-order chi connectivity index (χ0) is 20.1. The molecule has 2 aromatic carbocycles. The molecular weight excluding hydrogens is 306 g/mol. The summed E-state index contributed by atoms with van der Waals surface area (Å²) in [5.74, 6) is 0.917. The monoisotopic (exact) mass is 343 g/mol. The van der Waals surface area contributed by atoms with Crippen molar-refractivity contribution in [2.24, 2.45) is 0 Å². The van der Waals surface area contributed by atoms with Crippen molar-refractivity contribution in [3.05, 3.63) is 65.2 Å². The topological polar surface area (TPSA) is 33.0 Å². The Hall–Kier alpha value is -2.27. The normalized spacial score (nSPS) is 7.52. The van der Waals surface area contributed by atoms with E-state index in [1.165, 1.54) is 17.5 Å². The van der Waals surface area contributed by atoms with E-state index < -0.39 is 0 Å². The molecule has 0 aliphatic rings. The highest BCUT2D eigenvalue weighted by Gasteiger charge is 1.86. The van der Waals surface area contributed by atoms with Crippen molar-refractivity contribution in [3.8, 4) is 11.8 Å². The first-order chi connectivity index (χ1) is 12.1. The number of nitriles is 1. The van der Waals surface area contributed by atoms with Gasteiger partial charge in [-0.15, -0.1) is 0 Å². The summed E-state index contributed by atoms with van der Waals surface area (Å²) in [6.45, 7) is 16.3. The molecule has 0 radical (unpaired) electrons. The van der Waals surface area contributed by atoms with Crippen LogP contribution in [0.1, 0.15) is 64.7 Å². The third-order valence-electron chi connectivity index (χ3n) is 2.44. The fourth-order valence-electron chi connectivity index (χ4n) is 1.30. The van der Waals surface area contributed by atoms with E-state index >= 15 is 0 Å². The van der Waals surface area contributed by atoms with Gasteiger partial charge in [0.1, 0.15) is 5.75 Å². The SMILES string of the molecule is CC.CC.CCC.COc1ccc(C)cc1.Cc1ccc(C#N)cc1. The quantitative estimate of drug-likeness (QED) is 0.542. The van der Waals surface area contributed by atoms with E-state index in [4.69, 9.17) is 10.00 Å². The second-order valence-corrected chi connectivity index (χ2v) is 4.70. The van der Waals surface area contributed by atoms with E-state index in [9.17, 15) is 0 Å². The number of methoxy groups -OCH3 is 1. The summed E-state index contributed by atoms with van der Waals surface area (Å²) in [5, 5.41) is 8.38. The molecule has 0 spiro atoms. The maximum atomic E-state index is 8.38. The molecule has 0 saturated heterocycles. The number of aryl methyl sites for hydroxylation is 2. The Morgan fingerprint density at radius 2 is 1.08 bits per heavy atom. The van der Waals surface area contributed by atoms with Gasteiger partial charge in [-0.2, -0.15) is 5.26 Å². The van der Waals surface area contributed by atoms with Gasteiger partial charge in [0.2, 0.25) is 0 Å². The standard InChI is InChI=1S/C8H7N.C8H10O.C3H8.2C2H6/c1-7-2-4-8(6-9)5-3-7;1-7-3-5-8(9-2)6-4-7;1-3-2;2*1-2/h2-5H,1H3;3-6H,1-2H3;3H2,1-2H3;2*1-2H3. The summed E-state index contributed by atoms with van der Waals surface area (Å²) >= 11 is 0. The van der Waals surface area contributed by atoms with Gasteiger partial charge in [0.25, 0.3) is 0 Å². The van der Waals surface area contributed by atoms with Gasteiger partial charge >= 0.3 is 0 Å². The molecule has 0 atom stereocenters. The lowest BCUT2D eigenvalue weighted by molar-refractivity contribution is 0.414. The van der Waals surface area contributed by atoms with Crippen molar-refractivity contribution in [1.82, 2.24) is 0 Å². The fourth-order valence-corrected chi connectivity index (χ4v) is 1.30. The Labute approximate surface area is 156 Å². The summed E-state index contributed by atoms with van der Waals surface area (Å²) in [7, 11) is 1.67. The maximum Gasteiger partial charge on any atom is 0.118 e. The predicted octanol–water partition coefficient (Wildman–Crippen LogP) is 7.34. The van der Waals surface area contributed by atoms with Crippen LogP contribution >= 0.6 is 0 Å². The first kappa shape index (κ1) is 27.6. The van der Waals surface area contributed by atoms with Crippen LogP contribution in [0.3, 0.4) is 0 Å². The van der Waals surface area contributed by atoms with Crippen LogP contribution in [0.5, 0.6) is 5.75 Å². The van der Waals surface area contributed by atoms with E-state index in [0.717, 1.165) is 11.3 Å². The highest BCUT2D eigenvalue weighted by molar-refractivity contribution is 5.30. The van der Waals surface area contributed by atoms with Crippen LogP contribution in [0, 0.1) is 25.2 Å². The Bertz CT molecular complexity index is 522. The van der Waals surface area contributed by atoms with Gasteiger partial charge in [-0.1, -0.05) is 83.4 Å². The average Bonchev–Trinajstić information content (AvgIpc) is 2.67. The van der Waals surface area contributed by atoms with Crippen molar-refractivity contribution < 1.29 is 4.74 Å². The first-order valence-corrected chi connectivity index (χ1v) is 9.14. The zero-order valence-electron chi connectivity index (χ0n) is 17.7. The molecule has 0 aromatic heterocycles. The Morgan fingerprint density at radius 3 is 1.36 bits per heavy atom. The van der Waals surface area contributed by atoms with E-state index in [0.29, 0.717) is 0 Å². The molecule has 0 N–H and O–H groups in total. The summed E-state index contributed by atoms with van der Waals surface area (Å²) < 4.78 is 4.97. The molecule has 25 heavy (non-hydrogen) atoms. The van der Waals surface area contributed by atoms with Crippen molar-refractivity contribution in [2.75, 3.05) is 7.11 Å². The van der Waals surface area contributed by atoms with Gasteiger partial charge in [0.15, 0.2) is 0 Å². The van der Waals surface area contributed by atoms with Crippen LogP contribution in [0.15, 0.2) is 48.5 Å². The maximum absolute atomic E-state index is 8.38. The van der Waals surface area contributed by atoms with Crippen molar-refractivity contribution in [2.45, 2.75) is 61.8 Å². The van der Waals surface area contributed by atoms with Crippen LogP contribution in [0.25, 0.3) is 0 Å². The van der Waals surface area contributed by atoms with E-state index in [2.05, 4.69) is 26.8 Å². The van der Waals surface area contributed by atoms with Gasteiger partial charge < -0.3 is 4.74 Å². The lowest BCUT2D eigenvalue weighted by atomic mass is 10.2. The van der Waals surface area contributed by atoms with Gasteiger partial charge in [0, 0.05) is 0 Å². The highest BCUT2D eigenvalue weighted by Crippen LogP contribution is 2.09. The summed E-state index contributed by atoms with van der Waals surface area (Å²) in [6, 6.07) is 17.5. The summed E-state index contributed by atoms with van der Waals surface area (Å²) in [6.07, 6.45) is 1.25. The lowest BCUT2D eigenvalue weighted by Gasteiger charge is -1.97. The van der Waals surface area contributed by atoms with E-state index in [-0.39, 0.29) is 0 Å². The van der Waals surface area contributed by atoms with Crippen LogP contribution in [0.4, 0.5) is 0 Å². The van der Waals surface area contributed by atoms with Crippen molar-refractivity contribution >= 4 is 0 Å². The van der Waals surface area contributed by atoms with Crippen molar-refractivity contribution in [1.29, 1.82) is 5.26 Å². The second kappa shape index (κ2) is 21.7. The summed E-state index contributed by atoms with van der Waals surface area (Å²) in [5.41, 5.74) is 3.17. The van der Waals surface area contributed by atoms with Crippen LogP contribution in [0.2, 0.25) is 0 Å². The molecule has 0 amide bonds. The Morgan fingerprint density at radius 1 is 0.760 bits per heavy atom. The molecule has 0 unspecified atom stereocenters. The third-order valence-corrected chi connectivity index (χ3v) is 2.44. The summed E-state index contributed by atoms with van der Waals surface area (Å²) in [4.78, 5) is 0. The molecule has 2 aromatic rings. The molecule has 0 fully saturated rings. The average molecular weight is 344 g/mol. The molecule has 0 aliphatic carbocycles. The minimum atomic E-state index is 0.723. The zero-order valence-corrected chi connectivity index (χ0v) is 17.7. The fraction of sp³-hybridized carbons (Fsp3) is 0.435. The largest absolute Gasteiger partial charge is 0.497 e. The molecule has 2 heteroatoms. The lowest BCUT2D eigenvalue weighted by Crippen LogP contribution is -1.80. The van der Waals surface area contributed by atoms with Crippen molar-refractivity contribution in [3.63, 3.8) is 0 Å². The molecule has 2 nitrogen and oxygen atoms in total. The third kappa shape index (κ3) is 17.9. The molecule has 140 valence electrons. The highest BCUT2D eigenvalue weighted by atomic mass is 16.5. The number of rotatable bonds is 1. The Balaban J connectivity index is -0.000000287. The second-order valence-electron chi connectivity index (χ2n) is 4.70. The minimum Gasteiger partial charge on any atom is -0.497 e. The predicted molar refractivity (Wildman–Crippen MR) is 112 cm³/mol. The number of hydrogen-bond donors (Lipinski definition) is 0. The molecule has 0 aliphatic heterocycles. The van der Waals surface area contributed by atoms with Crippen LogP contribution in [-0.2, 0) is 0 Å². The molecule has 2 rings (SSSR count). The van der Waals surface area contributed by atoms with Crippen LogP contribution in [-0.4, -0.2) is 7.11 Å². The van der Waals surface area contributed by atoms with Gasteiger partial charge in [-0.05, 0) is 38.1 Å². The number of nitrogens with zero attached hydrogens (tertiary/aromatic N) is 1. The smallest absolute Gasteiger partial charge is 0.118 e. The molecule has 0 bridgehead atoms. The molecule has 0 heterocycles. The number of hydrogen-bond acceptors (Lipinski definition) is 2. The number of benzene rings is 2. The molecule has 0 saturated carbocycles. The number of ether oxygens (including phenoxy) is 1. The minimum absolute atomic E-state index is 0.723. The van der Waals surface area contributed by atoms with Gasteiger partial charge in [-0.25, -0.2) is 0 Å². The molecular formula is C23H37NO. The van der Waals surface area contributed by atoms with Crippen LogP contribution < -0.4 is 4.74 Å². The van der Waals surface area contributed by atoms with E-state index in [1.807, 2.05) is 83.1 Å². The first-order valence-electron chi connectivity index (χ1n) is 9.14.